The zero-order chi connectivity index (χ0) is 15.1. The van der Waals surface area contributed by atoms with Crippen LogP contribution in [0, 0.1) is 10.1 Å². The highest BCUT2D eigenvalue weighted by molar-refractivity contribution is 7.80. The molecule has 1 aromatic rings. The number of nitrogens with zero attached hydrogens (tertiary/aromatic N) is 1. The summed E-state index contributed by atoms with van der Waals surface area (Å²) in [4.78, 5) is 10.3. The van der Waals surface area contributed by atoms with Crippen LogP contribution in [-0.2, 0) is 0 Å². The van der Waals surface area contributed by atoms with Crippen molar-refractivity contribution in [3.63, 3.8) is 0 Å². The normalized spacial score (nSPS) is 10.2. The molecule has 0 saturated carbocycles. The lowest BCUT2D eigenvalue weighted by Crippen LogP contribution is -2.37. The minimum absolute atomic E-state index is 0.0220. The molecule has 0 heterocycles. The van der Waals surface area contributed by atoms with Crippen LogP contribution >= 0.6 is 12.2 Å². The molecule has 0 aliphatic rings. The van der Waals surface area contributed by atoms with Gasteiger partial charge in [-0.2, -0.15) is 0 Å². The van der Waals surface area contributed by atoms with E-state index in [1.807, 2.05) is 0 Å². The molecule has 1 aromatic carbocycles. The Balaban J connectivity index is 2.81. The van der Waals surface area contributed by atoms with Crippen LogP contribution in [0.1, 0.15) is 26.7 Å². The summed E-state index contributed by atoms with van der Waals surface area (Å²) < 4.78 is 5.14. The largest absolute Gasteiger partial charge is 0.494 e. The Labute approximate surface area is 123 Å². The van der Waals surface area contributed by atoms with E-state index >= 15 is 0 Å². The first-order valence-electron chi connectivity index (χ1n) is 6.41. The second kappa shape index (κ2) is 7.64. The number of methoxy groups -OCH3 is 1. The standard InChI is InChI=1S/C13H19N3O3S/c1-4-9(5-2)14-13(20)15-11-7-6-10(16(17)18)8-12(11)19-3/h6-9H,4-5H2,1-3H3,(H2,14,15,20). The lowest BCUT2D eigenvalue weighted by atomic mass is 10.2. The van der Waals surface area contributed by atoms with Crippen LogP contribution in [0.25, 0.3) is 0 Å². The predicted molar refractivity (Wildman–Crippen MR) is 83.4 cm³/mol. The molecular weight excluding hydrogens is 278 g/mol. The lowest BCUT2D eigenvalue weighted by Gasteiger charge is -2.18. The molecule has 0 radical (unpaired) electrons. The third-order valence-corrected chi connectivity index (χ3v) is 3.18. The Hall–Kier alpha value is -1.89. The second-order valence-electron chi connectivity index (χ2n) is 4.25. The molecule has 0 saturated heterocycles. The summed E-state index contributed by atoms with van der Waals surface area (Å²) in [6, 6.07) is 4.66. The highest BCUT2D eigenvalue weighted by atomic mass is 32.1. The van der Waals surface area contributed by atoms with E-state index in [0.717, 1.165) is 12.8 Å². The number of benzene rings is 1. The first kappa shape index (κ1) is 16.2. The average Bonchev–Trinajstić information content (AvgIpc) is 2.44. The summed E-state index contributed by atoms with van der Waals surface area (Å²) >= 11 is 5.23. The fourth-order valence-electron chi connectivity index (χ4n) is 1.73. The molecule has 0 amide bonds. The average molecular weight is 297 g/mol. The van der Waals surface area contributed by atoms with Crippen LogP contribution in [-0.4, -0.2) is 23.2 Å². The molecule has 0 aliphatic heterocycles. The van der Waals surface area contributed by atoms with Crippen LogP contribution in [0.2, 0.25) is 0 Å². The highest BCUT2D eigenvalue weighted by Gasteiger charge is 2.13. The molecule has 0 bridgehead atoms. The van der Waals surface area contributed by atoms with Gasteiger partial charge in [0.2, 0.25) is 0 Å². The minimum Gasteiger partial charge on any atom is -0.494 e. The molecule has 6 nitrogen and oxygen atoms in total. The molecule has 7 heteroatoms. The van der Waals surface area contributed by atoms with Gasteiger partial charge in [-0.3, -0.25) is 10.1 Å². The Morgan fingerprint density at radius 2 is 2.10 bits per heavy atom. The summed E-state index contributed by atoms with van der Waals surface area (Å²) in [6.45, 7) is 4.16. The number of ether oxygens (including phenoxy) is 1. The number of nitrogens with one attached hydrogen (secondary N) is 2. The summed E-state index contributed by atoms with van der Waals surface area (Å²) in [5.74, 6) is 0.382. The van der Waals surface area contributed by atoms with E-state index in [0.29, 0.717) is 22.6 Å². The molecule has 0 spiro atoms. The van der Waals surface area contributed by atoms with E-state index in [-0.39, 0.29) is 5.69 Å². The maximum Gasteiger partial charge on any atom is 0.273 e. The van der Waals surface area contributed by atoms with Crippen molar-refractivity contribution < 1.29 is 9.66 Å². The Morgan fingerprint density at radius 1 is 1.45 bits per heavy atom. The van der Waals surface area contributed by atoms with Crippen LogP contribution in [0.5, 0.6) is 5.75 Å². The summed E-state index contributed by atoms with van der Waals surface area (Å²) in [5.41, 5.74) is 0.577. The van der Waals surface area contributed by atoms with Crippen molar-refractivity contribution in [2.24, 2.45) is 0 Å². The van der Waals surface area contributed by atoms with Gasteiger partial charge in [0.05, 0.1) is 23.8 Å². The van der Waals surface area contributed by atoms with E-state index in [2.05, 4.69) is 24.5 Å². The zero-order valence-electron chi connectivity index (χ0n) is 11.8. The van der Waals surface area contributed by atoms with E-state index in [4.69, 9.17) is 17.0 Å². The van der Waals surface area contributed by atoms with Crippen molar-refractivity contribution in [3.8, 4) is 5.75 Å². The quantitative estimate of drug-likeness (QED) is 0.477. The fraction of sp³-hybridized carbons (Fsp3) is 0.462. The van der Waals surface area contributed by atoms with Gasteiger partial charge in [-0.05, 0) is 31.1 Å². The van der Waals surface area contributed by atoms with Gasteiger partial charge in [-0.1, -0.05) is 13.8 Å². The van der Waals surface area contributed by atoms with Crippen LogP contribution in [0.3, 0.4) is 0 Å². The van der Waals surface area contributed by atoms with Crippen molar-refractivity contribution in [2.45, 2.75) is 32.7 Å². The molecule has 0 unspecified atom stereocenters. The number of hydrogen-bond acceptors (Lipinski definition) is 4. The second-order valence-corrected chi connectivity index (χ2v) is 4.66. The highest BCUT2D eigenvalue weighted by Crippen LogP contribution is 2.28. The van der Waals surface area contributed by atoms with Crippen molar-refractivity contribution in [1.29, 1.82) is 0 Å². The van der Waals surface area contributed by atoms with Crippen LogP contribution in [0.4, 0.5) is 11.4 Å². The molecular formula is C13H19N3O3S. The molecule has 2 N–H and O–H groups in total. The third-order valence-electron chi connectivity index (χ3n) is 2.96. The first-order chi connectivity index (χ1) is 9.51. The molecule has 20 heavy (non-hydrogen) atoms. The summed E-state index contributed by atoms with van der Waals surface area (Å²) in [6.07, 6.45) is 1.94. The molecule has 0 aromatic heterocycles. The van der Waals surface area contributed by atoms with Crippen molar-refractivity contribution in [1.82, 2.24) is 5.32 Å². The van der Waals surface area contributed by atoms with E-state index in [1.165, 1.54) is 19.2 Å². The maximum absolute atomic E-state index is 10.7. The maximum atomic E-state index is 10.7. The number of anilines is 1. The predicted octanol–water partition coefficient (Wildman–Crippen LogP) is 3.08. The SMILES string of the molecule is CCC(CC)NC(=S)Nc1ccc([N+](=O)[O-])cc1OC. The Kier molecular flexibility index (Phi) is 6.17. The molecule has 1 rings (SSSR count). The monoisotopic (exact) mass is 297 g/mol. The number of nitro groups is 1. The van der Waals surface area contributed by atoms with Gasteiger partial charge < -0.3 is 15.4 Å². The van der Waals surface area contributed by atoms with Gasteiger partial charge in [0.15, 0.2) is 5.11 Å². The topological polar surface area (TPSA) is 76.4 Å². The zero-order valence-corrected chi connectivity index (χ0v) is 12.6. The van der Waals surface area contributed by atoms with Crippen molar-refractivity contribution in [3.05, 3.63) is 28.3 Å². The number of thiocarbonyl (C=S) groups is 1. The van der Waals surface area contributed by atoms with Crippen molar-refractivity contribution in [2.75, 3.05) is 12.4 Å². The Morgan fingerprint density at radius 3 is 2.60 bits per heavy atom. The smallest absolute Gasteiger partial charge is 0.273 e. The molecule has 0 fully saturated rings. The van der Waals surface area contributed by atoms with E-state index in [1.54, 1.807) is 6.07 Å². The number of hydrogen-bond donors (Lipinski definition) is 2. The molecule has 110 valence electrons. The van der Waals surface area contributed by atoms with Crippen LogP contribution < -0.4 is 15.4 Å². The van der Waals surface area contributed by atoms with Gasteiger partial charge >= 0.3 is 0 Å². The first-order valence-corrected chi connectivity index (χ1v) is 6.82. The van der Waals surface area contributed by atoms with Crippen molar-refractivity contribution >= 4 is 28.7 Å². The minimum atomic E-state index is -0.465. The Bertz CT molecular complexity index is 490. The van der Waals surface area contributed by atoms with Gasteiger partial charge in [-0.15, -0.1) is 0 Å². The number of rotatable bonds is 6. The van der Waals surface area contributed by atoms with Crippen LogP contribution in [0.15, 0.2) is 18.2 Å². The molecule has 0 atom stereocenters. The summed E-state index contributed by atoms with van der Waals surface area (Å²) in [5, 5.41) is 17.4. The molecule has 0 aliphatic carbocycles. The van der Waals surface area contributed by atoms with E-state index < -0.39 is 4.92 Å². The van der Waals surface area contributed by atoms with Gasteiger partial charge in [0.25, 0.3) is 5.69 Å². The number of non-ortho nitro benzene ring substituents is 1. The fourth-order valence-corrected chi connectivity index (χ4v) is 2.01. The van der Waals surface area contributed by atoms with E-state index in [9.17, 15) is 10.1 Å². The third kappa shape index (κ3) is 4.34. The van der Waals surface area contributed by atoms with Gasteiger partial charge in [0.1, 0.15) is 5.75 Å². The lowest BCUT2D eigenvalue weighted by molar-refractivity contribution is -0.384. The van der Waals surface area contributed by atoms with Gasteiger partial charge in [0, 0.05) is 12.1 Å². The summed E-state index contributed by atoms with van der Waals surface area (Å²) in [7, 11) is 1.46. The van der Waals surface area contributed by atoms with Gasteiger partial charge in [-0.25, -0.2) is 0 Å². The number of nitro benzene ring substituents is 1.